The summed E-state index contributed by atoms with van der Waals surface area (Å²) in [5.41, 5.74) is 2.59. The predicted octanol–water partition coefficient (Wildman–Crippen LogP) is 5.09. The highest BCUT2D eigenvalue weighted by Crippen LogP contribution is 2.40. The average molecular weight is 503 g/mol. The molecule has 4 rings (SSSR count). The van der Waals surface area contributed by atoms with Gasteiger partial charge in [0, 0.05) is 17.7 Å². The molecule has 0 radical (unpaired) electrons. The van der Waals surface area contributed by atoms with Gasteiger partial charge in [-0.15, -0.1) is 0 Å². The molecule has 0 aromatic heterocycles. The Hall–Kier alpha value is -3.97. The van der Waals surface area contributed by atoms with E-state index in [1.54, 1.807) is 42.5 Å². The molecule has 7 heteroatoms. The van der Waals surface area contributed by atoms with Gasteiger partial charge in [0.2, 0.25) is 0 Å². The van der Waals surface area contributed by atoms with Crippen LogP contribution >= 0.6 is 0 Å². The van der Waals surface area contributed by atoms with Crippen molar-refractivity contribution in [2.45, 2.75) is 26.0 Å². The fraction of sp³-hybridized carbons (Fsp3) is 0.267. The predicted molar refractivity (Wildman–Crippen MR) is 141 cm³/mol. The lowest BCUT2D eigenvalue weighted by Crippen LogP contribution is -2.32. The average Bonchev–Trinajstić information content (AvgIpc) is 3.13. The van der Waals surface area contributed by atoms with Crippen LogP contribution in [0.15, 0.2) is 78.4 Å². The van der Waals surface area contributed by atoms with Gasteiger partial charge in [-0.05, 0) is 75.4 Å². The van der Waals surface area contributed by atoms with E-state index < -0.39 is 23.5 Å². The zero-order valence-electron chi connectivity index (χ0n) is 21.3. The maximum Gasteiger partial charge on any atom is 0.295 e. The Bertz CT molecular complexity index is 1320. The quantitative estimate of drug-likeness (QED) is 0.251. The molecule has 37 heavy (non-hydrogen) atoms. The van der Waals surface area contributed by atoms with Crippen molar-refractivity contribution in [1.82, 2.24) is 9.80 Å². The largest absolute Gasteiger partial charge is 0.507 e. The van der Waals surface area contributed by atoms with Gasteiger partial charge in [0.1, 0.15) is 23.9 Å². The first-order chi connectivity index (χ1) is 17.8. The third-order valence-corrected chi connectivity index (χ3v) is 6.53. The lowest BCUT2D eigenvalue weighted by molar-refractivity contribution is -0.140. The van der Waals surface area contributed by atoms with E-state index in [0.717, 1.165) is 11.1 Å². The molecule has 0 saturated carbocycles. The number of aliphatic hydroxyl groups is 1. The van der Waals surface area contributed by atoms with Crippen LogP contribution in [0.1, 0.15) is 34.7 Å². The molecule has 1 unspecified atom stereocenters. The first-order valence-electron chi connectivity index (χ1n) is 12.2. The van der Waals surface area contributed by atoms with E-state index in [9.17, 15) is 19.1 Å². The molecule has 1 saturated heterocycles. The van der Waals surface area contributed by atoms with Crippen molar-refractivity contribution in [1.29, 1.82) is 0 Å². The monoisotopic (exact) mass is 502 g/mol. The summed E-state index contributed by atoms with van der Waals surface area (Å²) >= 11 is 0. The number of nitrogens with zero attached hydrogens (tertiary/aromatic N) is 2. The molecule has 1 amide bonds. The van der Waals surface area contributed by atoms with Crippen molar-refractivity contribution in [3.63, 3.8) is 0 Å². The topological polar surface area (TPSA) is 70.1 Å². The van der Waals surface area contributed by atoms with E-state index in [1.807, 2.05) is 50.2 Å². The van der Waals surface area contributed by atoms with E-state index in [0.29, 0.717) is 30.9 Å². The summed E-state index contributed by atoms with van der Waals surface area (Å²) in [7, 11) is 3.83. The number of halogens is 1. The number of likely N-dealkylation sites (tertiary alicyclic amines) is 1. The minimum absolute atomic E-state index is 0.117. The Morgan fingerprint density at radius 3 is 2.35 bits per heavy atom. The lowest BCUT2D eigenvalue weighted by Gasteiger charge is -2.26. The Kier molecular flexibility index (Phi) is 8.04. The zero-order chi connectivity index (χ0) is 26.5. The zero-order valence-corrected chi connectivity index (χ0v) is 21.3. The van der Waals surface area contributed by atoms with Crippen molar-refractivity contribution in [2.75, 3.05) is 27.2 Å². The van der Waals surface area contributed by atoms with Gasteiger partial charge in [-0.1, -0.05) is 42.5 Å². The summed E-state index contributed by atoms with van der Waals surface area (Å²) in [4.78, 5) is 29.4. The Labute approximate surface area is 216 Å². The molecular formula is C30H31FN2O4. The fourth-order valence-corrected chi connectivity index (χ4v) is 4.49. The molecule has 1 fully saturated rings. The highest BCUT2D eigenvalue weighted by molar-refractivity contribution is 6.46. The van der Waals surface area contributed by atoms with Gasteiger partial charge >= 0.3 is 0 Å². The van der Waals surface area contributed by atoms with Crippen LogP contribution in [0.2, 0.25) is 0 Å². The summed E-state index contributed by atoms with van der Waals surface area (Å²) < 4.78 is 20.8. The van der Waals surface area contributed by atoms with Crippen LogP contribution in [0.25, 0.3) is 5.76 Å². The molecule has 3 aromatic carbocycles. The standard InChI is InChI=1S/C30H31FN2O4/c1-20-9-4-5-10-22(20)19-37-23-15-13-21(14-16-23)28(34)26-27(24-11-6-7-12-25(24)31)33(30(36)29(26)35)18-8-17-32(2)3/h4-7,9-16,27,34H,8,17-19H2,1-3H3. The number of aliphatic hydroxyl groups excluding tert-OH is 1. The molecule has 6 nitrogen and oxygen atoms in total. The summed E-state index contributed by atoms with van der Waals surface area (Å²) in [5.74, 6) is -1.86. The molecule has 1 N–H and O–H groups in total. The number of rotatable bonds is 9. The van der Waals surface area contributed by atoms with Gasteiger partial charge in [-0.3, -0.25) is 9.59 Å². The number of ether oxygens (including phenoxy) is 1. The van der Waals surface area contributed by atoms with Crippen LogP contribution in [0, 0.1) is 12.7 Å². The van der Waals surface area contributed by atoms with Gasteiger partial charge in [-0.25, -0.2) is 4.39 Å². The summed E-state index contributed by atoms with van der Waals surface area (Å²) in [5, 5.41) is 11.2. The molecule has 0 spiro atoms. The van der Waals surface area contributed by atoms with Crippen molar-refractivity contribution in [2.24, 2.45) is 0 Å². The highest BCUT2D eigenvalue weighted by atomic mass is 19.1. The second kappa shape index (κ2) is 11.4. The number of amides is 1. The maximum atomic E-state index is 14.9. The number of ketones is 1. The molecular weight excluding hydrogens is 471 g/mol. The Balaban J connectivity index is 1.64. The van der Waals surface area contributed by atoms with Crippen LogP contribution in [0.3, 0.4) is 0 Å². The summed E-state index contributed by atoms with van der Waals surface area (Å²) in [6.07, 6.45) is 0.595. The lowest BCUT2D eigenvalue weighted by atomic mass is 9.95. The second-order valence-electron chi connectivity index (χ2n) is 9.41. The number of carbonyl (C=O) groups excluding carboxylic acids is 2. The van der Waals surface area contributed by atoms with Crippen molar-refractivity contribution in [3.05, 3.63) is 106 Å². The first kappa shape index (κ1) is 26.1. The Morgan fingerprint density at radius 1 is 1.00 bits per heavy atom. The van der Waals surface area contributed by atoms with E-state index in [2.05, 4.69) is 0 Å². The minimum Gasteiger partial charge on any atom is -0.507 e. The highest BCUT2D eigenvalue weighted by Gasteiger charge is 2.46. The van der Waals surface area contributed by atoms with E-state index in [1.165, 1.54) is 11.0 Å². The van der Waals surface area contributed by atoms with E-state index >= 15 is 0 Å². The normalized spacial score (nSPS) is 17.0. The molecule has 0 aliphatic carbocycles. The second-order valence-corrected chi connectivity index (χ2v) is 9.41. The third kappa shape index (κ3) is 5.73. The van der Waals surface area contributed by atoms with Crippen LogP contribution in [0.4, 0.5) is 4.39 Å². The molecule has 0 bridgehead atoms. The van der Waals surface area contributed by atoms with E-state index in [4.69, 9.17) is 4.74 Å². The third-order valence-electron chi connectivity index (χ3n) is 6.53. The van der Waals surface area contributed by atoms with Crippen LogP contribution in [0.5, 0.6) is 5.75 Å². The van der Waals surface area contributed by atoms with E-state index in [-0.39, 0.29) is 23.4 Å². The minimum atomic E-state index is -1.01. The molecule has 3 aromatic rings. The van der Waals surface area contributed by atoms with Crippen LogP contribution < -0.4 is 4.74 Å². The van der Waals surface area contributed by atoms with Gasteiger partial charge in [0.15, 0.2) is 0 Å². The summed E-state index contributed by atoms with van der Waals surface area (Å²) in [6.45, 7) is 3.35. The molecule has 192 valence electrons. The van der Waals surface area contributed by atoms with Gasteiger partial charge in [0.05, 0.1) is 11.6 Å². The van der Waals surface area contributed by atoms with Gasteiger partial charge < -0.3 is 19.6 Å². The number of aryl methyl sites for hydroxylation is 1. The number of benzene rings is 3. The van der Waals surface area contributed by atoms with Crippen LogP contribution in [-0.4, -0.2) is 53.8 Å². The van der Waals surface area contributed by atoms with Crippen molar-refractivity contribution < 1.29 is 23.8 Å². The summed E-state index contributed by atoms with van der Waals surface area (Å²) in [6, 6.07) is 19.6. The fourth-order valence-electron chi connectivity index (χ4n) is 4.49. The first-order valence-corrected chi connectivity index (χ1v) is 12.2. The van der Waals surface area contributed by atoms with Crippen LogP contribution in [-0.2, 0) is 16.2 Å². The van der Waals surface area contributed by atoms with Crippen molar-refractivity contribution in [3.8, 4) is 5.75 Å². The number of hydrogen-bond acceptors (Lipinski definition) is 5. The molecule has 1 heterocycles. The van der Waals surface area contributed by atoms with Gasteiger partial charge in [-0.2, -0.15) is 0 Å². The molecule has 1 aliphatic rings. The SMILES string of the molecule is Cc1ccccc1COc1ccc(C(O)=C2C(=O)C(=O)N(CCCN(C)C)C2c2ccccc2F)cc1. The van der Waals surface area contributed by atoms with Gasteiger partial charge in [0.25, 0.3) is 11.7 Å². The molecule has 1 atom stereocenters. The number of hydrogen-bond donors (Lipinski definition) is 1. The van der Waals surface area contributed by atoms with Crippen molar-refractivity contribution >= 4 is 17.4 Å². The Morgan fingerprint density at radius 2 is 1.68 bits per heavy atom. The number of Topliss-reactive ketones (excluding diaryl/α,β-unsaturated/α-hetero) is 1. The number of carbonyl (C=O) groups is 2. The molecule has 1 aliphatic heterocycles. The smallest absolute Gasteiger partial charge is 0.295 e. The maximum absolute atomic E-state index is 14.9.